The van der Waals surface area contributed by atoms with E-state index in [2.05, 4.69) is 25.4 Å². The van der Waals surface area contributed by atoms with Crippen LogP contribution in [0.4, 0.5) is 11.5 Å². The van der Waals surface area contributed by atoms with E-state index in [4.69, 9.17) is 4.98 Å². The van der Waals surface area contributed by atoms with Crippen LogP contribution in [0.15, 0.2) is 60.7 Å². The molecule has 1 amide bonds. The predicted octanol–water partition coefficient (Wildman–Crippen LogP) is 4.47. The average Bonchev–Trinajstić information content (AvgIpc) is 3.37. The second kappa shape index (κ2) is 11.2. The van der Waals surface area contributed by atoms with Gasteiger partial charge >= 0.3 is 0 Å². The smallest absolute Gasteiger partial charge is 0.274 e. The molecule has 2 aromatic carbocycles. The molecule has 0 bridgehead atoms. The minimum absolute atomic E-state index is 0.298. The number of hydrogen-bond acceptors (Lipinski definition) is 8. The molecule has 0 aliphatic heterocycles. The third-order valence-electron chi connectivity index (χ3n) is 5.43. The molecular weight excluding hydrogens is 458 g/mol. The van der Waals surface area contributed by atoms with Gasteiger partial charge in [0.15, 0.2) is 5.82 Å². The van der Waals surface area contributed by atoms with Crippen molar-refractivity contribution in [2.75, 3.05) is 44.4 Å². The van der Waals surface area contributed by atoms with Gasteiger partial charge < -0.3 is 15.1 Å². The summed E-state index contributed by atoms with van der Waals surface area (Å²) in [6, 6.07) is 19.0. The highest BCUT2D eigenvalue weighted by Gasteiger charge is 2.18. The maximum atomic E-state index is 13.4. The van der Waals surface area contributed by atoms with Crippen molar-refractivity contribution in [3.05, 3.63) is 71.4 Å². The zero-order chi connectivity index (χ0) is 24.8. The lowest BCUT2D eigenvalue weighted by Crippen LogP contribution is -2.29. The van der Waals surface area contributed by atoms with Crippen LogP contribution in [-0.4, -0.2) is 65.2 Å². The Hall–Kier alpha value is -3.69. The van der Waals surface area contributed by atoms with Crippen molar-refractivity contribution in [3.63, 3.8) is 0 Å². The largest absolute Gasteiger partial charge is 0.358 e. The van der Waals surface area contributed by atoms with Gasteiger partial charge in [0.25, 0.3) is 5.91 Å². The summed E-state index contributed by atoms with van der Waals surface area (Å²) in [6.45, 7) is 3.67. The summed E-state index contributed by atoms with van der Waals surface area (Å²) in [5.41, 5.74) is 2.65. The molecule has 0 radical (unpaired) electrons. The van der Waals surface area contributed by atoms with Gasteiger partial charge in [-0.1, -0.05) is 60.7 Å². The number of aryl methyl sites for hydroxylation is 1. The number of likely N-dealkylation sites (N-methyl/N-ethyl adjacent to an activating group) is 2. The van der Waals surface area contributed by atoms with Crippen LogP contribution < -0.4 is 10.2 Å². The van der Waals surface area contributed by atoms with Crippen molar-refractivity contribution in [1.82, 2.24) is 25.1 Å². The van der Waals surface area contributed by atoms with Gasteiger partial charge in [0.1, 0.15) is 21.5 Å². The summed E-state index contributed by atoms with van der Waals surface area (Å²) in [7, 11) is 6.03. The van der Waals surface area contributed by atoms with Crippen molar-refractivity contribution in [2.45, 2.75) is 13.3 Å². The van der Waals surface area contributed by atoms with E-state index in [0.717, 1.165) is 40.7 Å². The van der Waals surface area contributed by atoms with Crippen LogP contribution in [0, 0.1) is 0 Å². The van der Waals surface area contributed by atoms with Gasteiger partial charge in [-0.2, -0.15) is 0 Å². The number of aromatic nitrogens is 4. The molecule has 0 saturated carbocycles. The van der Waals surface area contributed by atoms with Gasteiger partial charge in [0, 0.05) is 37.3 Å². The van der Waals surface area contributed by atoms with Gasteiger partial charge in [-0.3, -0.25) is 4.79 Å². The standard InChI is InChI=1S/C26H29N7OS/c1-5-23-30-31-26(35-23)19-13-9-10-14-20(19)28-25(34)21-17-22(33(4)16-15-32(2)3)29-24(27-21)18-11-7-6-8-12-18/h6-14,17H,5,15-16H2,1-4H3,(H,28,34). The maximum absolute atomic E-state index is 13.4. The normalized spacial score (nSPS) is 11.0. The number of carbonyl (C=O) groups is 1. The van der Waals surface area contributed by atoms with Gasteiger partial charge in [-0.25, -0.2) is 9.97 Å². The monoisotopic (exact) mass is 487 g/mol. The maximum Gasteiger partial charge on any atom is 0.274 e. The second-order valence-electron chi connectivity index (χ2n) is 8.38. The summed E-state index contributed by atoms with van der Waals surface area (Å²) in [6.07, 6.45) is 0.819. The molecule has 35 heavy (non-hydrogen) atoms. The highest BCUT2D eigenvalue weighted by atomic mass is 32.1. The second-order valence-corrected chi connectivity index (χ2v) is 9.44. The first kappa shape index (κ1) is 24.4. The van der Waals surface area contributed by atoms with Crippen LogP contribution in [0.25, 0.3) is 22.0 Å². The lowest BCUT2D eigenvalue weighted by Gasteiger charge is -2.21. The van der Waals surface area contributed by atoms with Gasteiger partial charge in [-0.05, 0) is 32.6 Å². The molecule has 4 aromatic rings. The summed E-state index contributed by atoms with van der Waals surface area (Å²) in [5.74, 6) is 0.894. The van der Waals surface area contributed by atoms with E-state index in [1.165, 1.54) is 11.3 Å². The highest BCUT2D eigenvalue weighted by Crippen LogP contribution is 2.31. The predicted molar refractivity (Wildman–Crippen MR) is 142 cm³/mol. The van der Waals surface area contributed by atoms with E-state index >= 15 is 0 Å². The minimum atomic E-state index is -0.306. The lowest BCUT2D eigenvalue weighted by molar-refractivity contribution is 0.102. The molecular formula is C26H29N7OS. The fraction of sp³-hybridized carbons (Fsp3) is 0.269. The quantitative estimate of drug-likeness (QED) is 0.373. The number of hydrogen-bond donors (Lipinski definition) is 1. The number of anilines is 2. The van der Waals surface area contributed by atoms with E-state index in [1.54, 1.807) is 6.07 Å². The Bertz CT molecular complexity index is 1290. The van der Waals surface area contributed by atoms with Crippen molar-refractivity contribution >= 4 is 28.7 Å². The fourth-order valence-electron chi connectivity index (χ4n) is 3.40. The first-order chi connectivity index (χ1) is 16.9. The Morgan fingerprint density at radius 2 is 1.69 bits per heavy atom. The summed E-state index contributed by atoms with van der Waals surface area (Å²) in [5, 5.41) is 13.3. The summed E-state index contributed by atoms with van der Waals surface area (Å²) in [4.78, 5) is 26.9. The Kier molecular flexibility index (Phi) is 7.79. The molecule has 0 saturated heterocycles. The molecule has 0 unspecified atom stereocenters. The topological polar surface area (TPSA) is 87.1 Å². The van der Waals surface area contributed by atoms with Crippen LogP contribution in [0.1, 0.15) is 22.4 Å². The van der Waals surface area contributed by atoms with Crippen molar-refractivity contribution < 1.29 is 4.79 Å². The number of benzene rings is 2. The molecule has 9 heteroatoms. The molecule has 1 N–H and O–H groups in total. The van der Waals surface area contributed by atoms with E-state index in [9.17, 15) is 4.79 Å². The third-order valence-corrected chi connectivity index (χ3v) is 6.53. The number of para-hydroxylation sites is 1. The van der Waals surface area contributed by atoms with Crippen LogP contribution in [0.3, 0.4) is 0 Å². The molecule has 8 nitrogen and oxygen atoms in total. The number of amides is 1. The molecule has 0 aliphatic rings. The van der Waals surface area contributed by atoms with E-state index in [1.807, 2.05) is 87.6 Å². The molecule has 0 atom stereocenters. The molecule has 0 aliphatic carbocycles. The minimum Gasteiger partial charge on any atom is -0.358 e. The van der Waals surface area contributed by atoms with Crippen molar-refractivity contribution in [1.29, 1.82) is 0 Å². The number of nitrogens with zero attached hydrogens (tertiary/aromatic N) is 6. The Balaban J connectivity index is 1.67. The van der Waals surface area contributed by atoms with Gasteiger partial charge in [-0.15, -0.1) is 10.2 Å². The lowest BCUT2D eigenvalue weighted by atomic mass is 10.1. The Morgan fingerprint density at radius 3 is 2.40 bits per heavy atom. The van der Waals surface area contributed by atoms with Gasteiger partial charge in [0.05, 0.1) is 5.69 Å². The van der Waals surface area contributed by atoms with Crippen LogP contribution >= 0.6 is 11.3 Å². The van der Waals surface area contributed by atoms with E-state index in [-0.39, 0.29) is 5.91 Å². The first-order valence-electron chi connectivity index (χ1n) is 11.5. The SMILES string of the molecule is CCc1nnc(-c2ccccc2NC(=O)c2cc(N(C)CCN(C)C)nc(-c3ccccc3)n2)s1. The molecule has 0 fully saturated rings. The van der Waals surface area contributed by atoms with Crippen LogP contribution in [0.2, 0.25) is 0 Å². The summed E-state index contributed by atoms with van der Waals surface area (Å²) < 4.78 is 0. The average molecular weight is 488 g/mol. The molecule has 4 rings (SSSR count). The Labute approximate surface area is 209 Å². The third kappa shape index (κ3) is 6.06. The number of carbonyl (C=O) groups excluding carboxylic acids is 1. The fourth-order valence-corrected chi connectivity index (χ4v) is 4.22. The van der Waals surface area contributed by atoms with Crippen molar-refractivity contribution in [2.24, 2.45) is 0 Å². The van der Waals surface area contributed by atoms with E-state index in [0.29, 0.717) is 23.0 Å². The zero-order valence-electron chi connectivity index (χ0n) is 20.4. The van der Waals surface area contributed by atoms with Gasteiger partial charge in [0.2, 0.25) is 0 Å². The van der Waals surface area contributed by atoms with Crippen molar-refractivity contribution in [3.8, 4) is 22.0 Å². The molecule has 180 valence electrons. The number of rotatable bonds is 9. The molecule has 0 spiro atoms. The number of nitrogens with one attached hydrogen (secondary N) is 1. The molecule has 2 aromatic heterocycles. The first-order valence-corrected chi connectivity index (χ1v) is 12.3. The van der Waals surface area contributed by atoms with Crippen LogP contribution in [0.5, 0.6) is 0 Å². The van der Waals surface area contributed by atoms with E-state index < -0.39 is 0 Å². The summed E-state index contributed by atoms with van der Waals surface area (Å²) >= 11 is 1.53. The van der Waals surface area contributed by atoms with Crippen LogP contribution in [-0.2, 0) is 6.42 Å². The molecule has 2 heterocycles. The Morgan fingerprint density at radius 1 is 0.943 bits per heavy atom. The zero-order valence-corrected chi connectivity index (χ0v) is 21.2. The highest BCUT2D eigenvalue weighted by molar-refractivity contribution is 7.14.